The Morgan fingerprint density at radius 1 is 0.742 bits per heavy atom. The van der Waals surface area contributed by atoms with Crippen molar-refractivity contribution in [2.75, 3.05) is 13.2 Å². The van der Waals surface area contributed by atoms with Gasteiger partial charge >= 0.3 is 15.6 Å². The molecular formula is C21H19F3O5S2. The van der Waals surface area contributed by atoms with E-state index in [0.29, 0.717) is 5.75 Å². The van der Waals surface area contributed by atoms with E-state index < -0.39 is 25.9 Å². The Balaban J connectivity index is 2.28. The predicted octanol–water partition coefficient (Wildman–Crippen LogP) is 5.12. The van der Waals surface area contributed by atoms with Crippen molar-refractivity contribution in [1.29, 1.82) is 0 Å². The molecule has 3 aromatic rings. The van der Waals surface area contributed by atoms with Crippen LogP contribution in [0.2, 0.25) is 0 Å². The number of alkyl halides is 3. The monoisotopic (exact) mass is 472 g/mol. The average molecular weight is 473 g/mol. The molecule has 0 saturated heterocycles. The van der Waals surface area contributed by atoms with E-state index in [4.69, 9.17) is 13.5 Å². The predicted molar refractivity (Wildman–Crippen MR) is 110 cm³/mol. The summed E-state index contributed by atoms with van der Waals surface area (Å²) in [6, 6.07) is 21.8. The third-order valence-electron chi connectivity index (χ3n) is 4.14. The van der Waals surface area contributed by atoms with Crippen molar-refractivity contribution in [3.63, 3.8) is 0 Å². The van der Waals surface area contributed by atoms with Crippen molar-refractivity contribution in [3.05, 3.63) is 84.9 Å². The highest BCUT2D eigenvalue weighted by molar-refractivity contribution is 8.33. The number of rotatable bonds is 8. The summed E-state index contributed by atoms with van der Waals surface area (Å²) in [5.74, 6) is 0.367. The van der Waals surface area contributed by atoms with Gasteiger partial charge in [0.15, 0.2) is 0 Å². The maximum atomic E-state index is 13.4. The van der Waals surface area contributed by atoms with Gasteiger partial charge in [-0.25, -0.2) is 0 Å². The lowest BCUT2D eigenvalue weighted by Gasteiger charge is -2.39. The van der Waals surface area contributed by atoms with Gasteiger partial charge in [0.05, 0.1) is 6.61 Å². The Morgan fingerprint density at radius 2 is 1.19 bits per heavy atom. The summed E-state index contributed by atoms with van der Waals surface area (Å²) in [7, 11) is -9.27. The van der Waals surface area contributed by atoms with E-state index in [-0.39, 0.29) is 27.9 Å². The van der Waals surface area contributed by atoms with Crippen molar-refractivity contribution in [2.24, 2.45) is 0 Å². The van der Waals surface area contributed by atoms with Crippen LogP contribution in [-0.4, -0.2) is 32.2 Å². The second-order valence-corrected chi connectivity index (χ2v) is 10.6. The quantitative estimate of drug-likeness (QED) is 0.461. The van der Waals surface area contributed by atoms with E-state index in [2.05, 4.69) is 0 Å². The van der Waals surface area contributed by atoms with Crippen molar-refractivity contribution < 1.29 is 35.1 Å². The summed E-state index contributed by atoms with van der Waals surface area (Å²) in [4.78, 5) is 0.783. The highest BCUT2D eigenvalue weighted by Gasteiger charge is 2.52. The van der Waals surface area contributed by atoms with E-state index in [9.17, 15) is 21.6 Å². The fourth-order valence-corrected chi connectivity index (χ4v) is 7.56. The largest absolute Gasteiger partial charge is 0.524 e. The first-order chi connectivity index (χ1) is 14.7. The Bertz CT molecular complexity index is 1050. The first-order valence-corrected chi connectivity index (χ1v) is 12.0. The second-order valence-electron chi connectivity index (χ2n) is 6.19. The fourth-order valence-electron chi connectivity index (χ4n) is 2.81. The molecular weight excluding hydrogens is 453 g/mol. The molecule has 0 heterocycles. The van der Waals surface area contributed by atoms with Gasteiger partial charge in [-0.1, -0.05) is 36.4 Å². The molecule has 0 amide bonds. The second kappa shape index (κ2) is 9.31. The molecule has 1 N–H and O–H groups in total. The number of hydrogen-bond donors (Lipinski definition) is 1. The first-order valence-electron chi connectivity index (χ1n) is 9.00. The molecule has 0 aromatic heterocycles. The Morgan fingerprint density at radius 3 is 1.61 bits per heavy atom. The van der Waals surface area contributed by atoms with Crippen molar-refractivity contribution in [1.82, 2.24) is 0 Å². The van der Waals surface area contributed by atoms with E-state index >= 15 is 0 Å². The van der Waals surface area contributed by atoms with Crippen LogP contribution in [0.4, 0.5) is 13.2 Å². The van der Waals surface area contributed by atoms with Gasteiger partial charge in [0, 0.05) is 14.7 Å². The maximum absolute atomic E-state index is 13.4. The highest BCUT2D eigenvalue weighted by Crippen LogP contribution is 2.70. The van der Waals surface area contributed by atoms with Gasteiger partial charge in [0.2, 0.25) is 0 Å². The maximum Gasteiger partial charge on any atom is 0.524 e. The van der Waals surface area contributed by atoms with Crippen LogP contribution in [0.5, 0.6) is 5.75 Å². The molecule has 0 atom stereocenters. The SMILES string of the molecule is O=S(=O)(OS(c1ccccc1)(c1ccccc1)c1ccc(OCCO)cc1)C(F)(F)F. The summed E-state index contributed by atoms with van der Waals surface area (Å²) >= 11 is 0. The van der Waals surface area contributed by atoms with Gasteiger partial charge in [-0.2, -0.15) is 25.2 Å². The number of benzene rings is 3. The van der Waals surface area contributed by atoms with Gasteiger partial charge in [-0.05, 0) is 58.8 Å². The van der Waals surface area contributed by atoms with Gasteiger partial charge < -0.3 is 9.84 Å². The van der Waals surface area contributed by atoms with Gasteiger partial charge in [-0.15, -0.1) is 0 Å². The standard InChI is InChI=1S/C21H19F3O5S2/c22-21(23,24)31(26,27)29-30(18-7-3-1-4-8-18,19-9-5-2-6-10-19)20-13-11-17(12-14-20)28-16-15-25/h1-14,25H,15-16H2. The van der Waals surface area contributed by atoms with Crippen LogP contribution >= 0.6 is 10.3 Å². The lowest BCUT2D eigenvalue weighted by molar-refractivity contribution is -0.0496. The van der Waals surface area contributed by atoms with Crippen molar-refractivity contribution in [2.45, 2.75) is 20.2 Å². The van der Waals surface area contributed by atoms with Crippen LogP contribution in [0.1, 0.15) is 0 Å². The minimum atomic E-state index is -5.95. The van der Waals surface area contributed by atoms with Crippen LogP contribution in [-0.2, 0) is 13.7 Å². The lowest BCUT2D eigenvalue weighted by Crippen LogP contribution is -2.27. The third-order valence-corrected chi connectivity index (χ3v) is 9.05. The van der Waals surface area contributed by atoms with Crippen LogP contribution < -0.4 is 4.74 Å². The summed E-state index contributed by atoms with van der Waals surface area (Å²) in [6.45, 7) is -0.175. The van der Waals surface area contributed by atoms with Gasteiger partial charge in [0.25, 0.3) is 0 Å². The minimum Gasteiger partial charge on any atom is -0.491 e. The Hall–Kier alpha value is -2.53. The molecule has 166 valence electrons. The molecule has 0 aliphatic rings. The van der Waals surface area contributed by atoms with E-state index in [1.54, 1.807) is 36.4 Å². The zero-order chi connectivity index (χ0) is 22.5. The van der Waals surface area contributed by atoms with Gasteiger partial charge in [-0.3, -0.25) is 0 Å². The number of aliphatic hydroxyl groups is 1. The van der Waals surface area contributed by atoms with Crippen LogP contribution in [0, 0.1) is 0 Å². The number of hydrogen-bond acceptors (Lipinski definition) is 5. The number of halogens is 3. The Kier molecular flexibility index (Phi) is 6.95. The molecule has 0 radical (unpaired) electrons. The van der Waals surface area contributed by atoms with E-state index in [1.807, 2.05) is 0 Å². The van der Waals surface area contributed by atoms with Crippen molar-refractivity contribution in [3.8, 4) is 5.75 Å². The fraction of sp³-hybridized carbons (Fsp3) is 0.143. The normalized spacial score (nSPS) is 13.0. The number of ether oxygens (including phenoxy) is 1. The zero-order valence-corrected chi connectivity index (χ0v) is 17.7. The lowest BCUT2D eigenvalue weighted by atomic mass is 10.3. The summed E-state index contributed by atoms with van der Waals surface area (Å²) in [6.07, 6.45) is 0. The van der Waals surface area contributed by atoms with Crippen LogP contribution in [0.15, 0.2) is 99.6 Å². The molecule has 0 aliphatic carbocycles. The van der Waals surface area contributed by atoms with Crippen molar-refractivity contribution >= 4 is 20.4 Å². The van der Waals surface area contributed by atoms with Crippen LogP contribution in [0.25, 0.3) is 0 Å². The summed E-state index contributed by atoms with van der Waals surface area (Å²) in [5, 5.41) is 8.90. The highest BCUT2D eigenvalue weighted by atomic mass is 32.3. The smallest absolute Gasteiger partial charge is 0.491 e. The van der Waals surface area contributed by atoms with E-state index in [0.717, 1.165) is 0 Å². The average Bonchev–Trinajstić information content (AvgIpc) is 2.77. The van der Waals surface area contributed by atoms with Gasteiger partial charge in [0.1, 0.15) is 12.4 Å². The molecule has 0 saturated carbocycles. The molecule has 3 aromatic carbocycles. The molecule has 0 fully saturated rings. The summed E-state index contributed by atoms with van der Waals surface area (Å²) in [5.41, 5.74) is -5.60. The molecule has 0 bridgehead atoms. The molecule has 0 spiro atoms. The van der Waals surface area contributed by atoms with E-state index in [1.165, 1.54) is 48.5 Å². The third kappa shape index (κ3) is 4.87. The number of aliphatic hydroxyl groups excluding tert-OH is 1. The molecule has 5 nitrogen and oxygen atoms in total. The molecule has 10 heteroatoms. The summed E-state index contributed by atoms with van der Waals surface area (Å²) < 4.78 is 75.0. The minimum absolute atomic E-state index is 0.0354. The Labute approximate surface area is 179 Å². The van der Waals surface area contributed by atoms with Crippen LogP contribution in [0.3, 0.4) is 0 Å². The first kappa shape index (κ1) is 23.1. The molecule has 31 heavy (non-hydrogen) atoms. The molecule has 3 rings (SSSR count). The topological polar surface area (TPSA) is 72.8 Å². The zero-order valence-electron chi connectivity index (χ0n) is 16.0. The molecule has 0 aliphatic heterocycles. The molecule has 0 unspecified atom stereocenters.